The zero-order valence-electron chi connectivity index (χ0n) is 14.9. The molecule has 0 atom stereocenters. The maximum absolute atomic E-state index is 12.3. The highest BCUT2D eigenvalue weighted by molar-refractivity contribution is 5.94. The van der Waals surface area contributed by atoms with E-state index in [2.05, 4.69) is 34.3 Å². The smallest absolute Gasteiger partial charge is 0.224 e. The number of rotatable bonds is 7. The Morgan fingerprint density at radius 2 is 1.88 bits per heavy atom. The van der Waals surface area contributed by atoms with Gasteiger partial charge in [0.2, 0.25) is 5.91 Å². The number of carbonyl (C=O) groups excluding carboxylic acids is 1. The van der Waals surface area contributed by atoms with Crippen LogP contribution in [0.25, 0.3) is 10.9 Å². The first kappa shape index (κ1) is 17.1. The first-order valence-corrected chi connectivity index (χ1v) is 8.84. The van der Waals surface area contributed by atoms with Crippen LogP contribution in [0.1, 0.15) is 25.3 Å². The summed E-state index contributed by atoms with van der Waals surface area (Å²) in [5.74, 6) is 0.0665. The normalized spacial score (nSPS) is 10.8. The first-order chi connectivity index (χ1) is 12.2. The highest BCUT2D eigenvalue weighted by Crippen LogP contribution is 2.25. The molecule has 0 aliphatic rings. The van der Waals surface area contributed by atoms with E-state index in [9.17, 15) is 4.79 Å². The number of hydrogen-bond donors (Lipinski definition) is 2. The lowest BCUT2D eigenvalue weighted by Crippen LogP contribution is -2.19. The Balaban J connectivity index is 1.57. The second kappa shape index (κ2) is 7.88. The van der Waals surface area contributed by atoms with Crippen molar-refractivity contribution < 1.29 is 4.79 Å². The average Bonchev–Trinajstić information content (AvgIpc) is 3.05. The van der Waals surface area contributed by atoms with Crippen molar-refractivity contribution >= 4 is 28.2 Å². The number of fused-ring (bicyclic) bond motifs is 1. The molecule has 0 radical (unpaired) electrons. The van der Waals surface area contributed by atoms with Gasteiger partial charge >= 0.3 is 0 Å². The number of H-pyrrole nitrogens is 1. The molecule has 0 saturated heterocycles. The van der Waals surface area contributed by atoms with Gasteiger partial charge in [-0.15, -0.1) is 0 Å². The average molecular weight is 335 g/mol. The van der Waals surface area contributed by atoms with Crippen molar-refractivity contribution in [2.45, 2.75) is 26.2 Å². The summed E-state index contributed by atoms with van der Waals surface area (Å²) in [6.07, 6.45) is 4.30. The Labute approximate surface area is 148 Å². The number of aromatic amines is 1. The van der Waals surface area contributed by atoms with Crippen molar-refractivity contribution in [3.05, 3.63) is 60.3 Å². The van der Waals surface area contributed by atoms with E-state index < -0.39 is 0 Å². The molecule has 0 spiro atoms. The summed E-state index contributed by atoms with van der Waals surface area (Å²) in [7, 11) is 2.03. The SMILES string of the molecule is CCN(C)c1ccccc1NC(=O)CCCc1c[nH]c2ccccc12. The van der Waals surface area contributed by atoms with Crippen LogP contribution in [-0.4, -0.2) is 24.5 Å². The number of para-hydroxylation sites is 3. The minimum absolute atomic E-state index is 0.0665. The van der Waals surface area contributed by atoms with Crippen molar-refractivity contribution in [3.63, 3.8) is 0 Å². The van der Waals surface area contributed by atoms with E-state index in [0.29, 0.717) is 6.42 Å². The molecule has 130 valence electrons. The maximum Gasteiger partial charge on any atom is 0.224 e. The van der Waals surface area contributed by atoms with Crippen LogP contribution in [0, 0.1) is 0 Å². The van der Waals surface area contributed by atoms with Crippen molar-refractivity contribution in [1.82, 2.24) is 4.98 Å². The van der Waals surface area contributed by atoms with E-state index in [1.165, 1.54) is 10.9 Å². The van der Waals surface area contributed by atoms with Gasteiger partial charge in [0, 0.05) is 37.1 Å². The third kappa shape index (κ3) is 4.02. The number of hydrogen-bond acceptors (Lipinski definition) is 2. The molecule has 4 heteroatoms. The number of aromatic nitrogens is 1. The van der Waals surface area contributed by atoms with Crippen molar-refractivity contribution in [3.8, 4) is 0 Å². The molecule has 0 aliphatic carbocycles. The lowest BCUT2D eigenvalue weighted by molar-refractivity contribution is -0.116. The fourth-order valence-corrected chi connectivity index (χ4v) is 3.07. The van der Waals surface area contributed by atoms with Crippen LogP contribution in [0.4, 0.5) is 11.4 Å². The molecule has 1 aromatic heterocycles. The lowest BCUT2D eigenvalue weighted by atomic mass is 10.1. The third-order valence-corrected chi connectivity index (χ3v) is 4.59. The second-order valence-corrected chi connectivity index (χ2v) is 6.29. The summed E-state index contributed by atoms with van der Waals surface area (Å²) in [4.78, 5) is 17.7. The first-order valence-electron chi connectivity index (χ1n) is 8.84. The van der Waals surface area contributed by atoms with Crippen LogP contribution in [0.5, 0.6) is 0 Å². The van der Waals surface area contributed by atoms with E-state index in [-0.39, 0.29) is 5.91 Å². The third-order valence-electron chi connectivity index (χ3n) is 4.59. The van der Waals surface area contributed by atoms with Gasteiger partial charge in [-0.25, -0.2) is 0 Å². The Morgan fingerprint density at radius 3 is 2.72 bits per heavy atom. The van der Waals surface area contributed by atoms with Gasteiger partial charge in [-0.3, -0.25) is 4.79 Å². The fraction of sp³-hybridized carbons (Fsp3) is 0.286. The maximum atomic E-state index is 12.3. The number of nitrogens with one attached hydrogen (secondary N) is 2. The van der Waals surface area contributed by atoms with Crippen LogP contribution in [0.2, 0.25) is 0 Å². The van der Waals surface area contributed by atoms with E-state index in [4.69, 9.17) is 0 Å². The van der Waals surface area contributed by atoms with Gasteiger partial charge in [0.05, 0.1) is 11.4 Å². The molecule has 25 heavy (non-hydrogen) atoms. The van der Waals surface area contributed by atoms with E-state index in [1.807, 2.05) is 49.6 Å². The molecule has 4 nitrogen and oxygen atoms in total. The number of nitrogens with zero attached hydrogens (tertiary/aromatic N) is 1. The van der Waals surface area contributed by atoms with Crippen molar-refractivity contribution in [1.29, 1.82) is 0 Å². The summed E-state index contributed by atoms with van der Waals surface area (Å²) < 4.78 is 0. The predicted octanol–water partition coefficient (Wildman–Crippen LogP) is 4.59. The lowest BCUT2D eigenvalue weighted by Gasteiger charge is -2.20. The molecule has 1 amide bonds. The van der Waals surface area contributed by atoms with Gasteiger partial charge in [-0.1, -0.05) is 30.3 Å². The fourth-order valence-electron chi connectivity index (χ4n) is 3.07. The van der Waals surface area contributed by atoms with Gasteiger partial charge in [-0.2, -0.15) is 0 Å². The van der Waals surface area contributed by atoms with E-state index in [1.54, 1.807) is 0 Å². The Kier molecular flexibility index (Phi) is 5.39. The van der Waals surface area contributed by atoms with E-state index >= 15 is 0 Å². The monoisotopic (exact) mass is 335 g/mol. The molecule has 0 saturated carbocycles. The molecule has 1 heterocycles. The van der Waals surface area contributed by atoms with Gasteiger partial charge in [0.15, 0.2) is 0 Å². The van der Waals surface area contributed by atoms with Crippen LogP contribution < -0.4 is 10.2 Å². The number of benzene rings is 2. The van der Waals surface area contributed by atoms with Crippen LogP contribution in [-0.2, 0) is 11.2 Å². The van der Waals surface area contributed by atoms with Crippen LogP contribution in [0.15, 0.2) is 54.7 Å². The Hall–Kier alpha value is -2.75. The number of carbonyl (C=O) groups is 1. The second-order valence-electron chi connectivity index (χ2n) is 6.29. The van der Waals surface area contributed by atoms with Crippen LogP contribution in [0.3, 0.4) is 0 Å². The molecular weight excluding hydrogens is 310 g/mol. The molecule has 2 N–H and O–H groups in total. The van der Waals surface area contributed by atoms with Gasteiger partial charge in [0.25, 0.3) is 0 Å². The molecule has 0 bridgehead atoms. The number of aryl methyl sites for hydroxylation is 1. The predicted molar refractivity (Wildman–Crippen MR) is 105 cm³/mol. The summed E-state index contributed by atoms with van der Waals surface area (Å²) >= 11 is 0. The highest BCUT2D eigenvalue weighted by atomic mass is 16.1. The number of amides is 1. The van der Waals surface area contributed by atoms with Gasteiger partial charge in [-0.05, 0) is 43.5 Å². The van der Waals surface area contributed by atoms with Gasteiger partial charge < -0.3 is 15.2 Å². The minimum Gasteiger partial charge on any atom is -0.373 e. The molecule has 3 rings (SSSR count). The van der Waals surface area contributed by atoms with Gasteiger partial charge in [0.1, 0.15) is 0 Å². The van der Waals surface area contributed by atoms with Crippen molar-refractivity contribution in [2.75, 3.05) is 23.8 Å². The van der Waals surface area contributed by atoms with Crippen molar-refractivity contribution in [2.24, 2.45) is 0 Å². The zero-order valence-corrected chi connectivity index (χ0v) is 14.9. The molecule has 0 aliphatic heterocycles. The quantitative estimate of drug-likeness (QED) is 0.663. The minimum atomic E-state index is 0.0665. The molecule has 0 unspecified atom stereocenters. The van der Waals surface area contributed by atoms with E-state index in [0.717, 1.165) is 36.3 Å². The summed E-state index contributed by atoms with van der Waals surface area (Å²) in [6, 6.07) is 16.2. The topological polar surface area (TPSA) is 48.1 Å². The summed E-state index contributed by atoms with van der Waals surface area (Å²) in [6.45, 7) is 2.99. The standard InChI is InChI=1S/C21H25N3O/c1-3-24(2)20-13-7-6-12-19(20)23-21(25)14-8-9-16-15-22-18-11-5-4-10-17(16)18/h4-7,10-13,15,22H,3,8-9,14H2,1-2H3,(H,23,25). The van der Waals surface area contributed by atoms with Crippen LogP contribution >= 0.6 is 0 Å². The highest BCUT2D eigenvalue weighted by Gasteiger charge is 2.09. The molecule has 2 aromatic carbocycles. The number of anilines is 2. The molecular formula is C21H25N3O. The Morgan fingerprint density at radius 1 is 1.12 bits per heavy atom. The summed E-state index contributed by atoms with van der Waals surface area (Å²) in [5, 5.41) is 4.30. The largest absolute Gasteiger partial charge is 0.373 e. The zero-order chi connectivity index (χ0) is 17.6. The summed E-state index contributed by atoms with van der Waals surface area (Å²) in [5.41, 5.74) is 4.35. The molecule has 0 fully saturated rings. The molecule has 3 aromatic rings. The Bertz CT molecular complexity index is 853.